The molecule has 23 heavy (non-hydrogen) atoms. The summed E-state index contributed by atoms with van der Waals surface area (Å²) in [5.74, 6) is -0.0607. The summed E-state index contributed by atoms with van der Waals surface area (Å²) in [5, 5.41) is 2.17. The number of hydrogen-bond acceptors (Lipinski definition) is 2. The maximum atomic E-state index is 12.1. The molecule has 0 spiro atoms. The number of hydrazine groups is 1. The molecule has 1 aliphatic carbocycles. The second kappa shape index (κ2) is 7.09. The van der Waals surface area contributed by atoms with E-state index in [1.54, 1.807) is 0 Å². The molecule has 0 radical (unpaired) electrons. The summed E-state index contributed by atoms with van der Waals surface area (Å²) in [7, 11) is 0. The van der Waals surface area contributed by atoms with Gasteiger partial charge in [-0.15, -0.1) is 0 Å². The summed E-state index contributed by atoms with van der Waals surface area (Å²) < 4.78 is 0. The molecule has 118 valence electrons. The second-order valence-electron chi connectivity index (χ2n) is 5.88. The first-order chi connectivity index (χ1) is 11.2. The molecule has 2 N–H and O–H groups in total. The minimum atomic E-state index is -0.211. The first-order valence-corrected chi connectivity index (χ1v) is 7.93. The van der Waals surface area contributed by atoms with E-state index in [0.717, 1.165) is 29.2 Å². The number of benzene rings is 2. The number of allylic oxidation sites excluding steroid dienone is 2. The van der Waals surface area contributed by atoms with Crippen molar-refractivity contribution in [2.75, 3.05) is 0 Å². The van der Waals surface area contributed by atoms with Gasteiger partial charge >= 0.3 is 0 Å². The molecular weight excluding hydrogens is 288 g/mol. The number of rotatable bonds is 4. The van der Waals surface area contributed by atoms with Gasteiger partial charge in [-0.3, -0.25) is 20.4 Å². The largest absolute Gasteiger partial charge is 0.273 e. The van der Waals surface area contributed by atoms with Crippen LogP contribution in [0.2, 0.25) is 0 Å². The summed E-state index contributed by atoms with van der Waals surface area (Å²) in [6.07, 6.45) is 6.87. The Balaban J connectivity index is 1.54. The molecule has 0 saturated carbocycles. The molecule has 0 saturated heterocycles. The smallest absolute Gasteiger partial charge is 0.242 e. The number of amides is 2. The van der Waals surface area contributed by atoms with E-state index in [1.165, 1.54) is 0 Å². The standard InChI is InChI=1S/C19H20N2O2/c22-18(12-14-6-1-2-7-14)20-21-19(23)13-16-10-5-9-15-8-3-4-11-17(15)16/h1,3-6,8-11,14H,2,7,12-13H2,(H,20,22)(H,21,23)/t14-/m1/s1. The summed E-state index contributed by atoms with van der Waals surface area (Å²) in [5.41, 5.74) is 5.96. The molecule has 2 aromatic rings. The molecule has 0 aliphatic heterocycles. The normalized spacial score (nSPS) is 16.4. The third-order valence-corrected chi connectivity index (χ3v) is 4.13. The Bertz CT molecular complexity index is 747. The van der Waals surface area contributed by atoms with Gasteiger partial charge in [0.2, 0.25) is 11.8 Å². The molecule has 4 heteroatoms. The van der Waals surface area contributed by atoms with E-state index in [4.69, 9.17) is 0 Å². The van der Waals surface area contributed by atoms with Crippen molar-refractivity contribution in [2.24, 2.45) is 5.92 Å². The van der Waals surface area contributed by atoms with E-state index in [-0.39, 0.29) is 18.2 Å². The third kappa shape index (κ3) is 3.97. The number of carbonyl (C=O) groups is 2. The third-order valence-electron chi connectivity index (χ3n) is 4.13. The van der Waals surface area contributed by atoms with E-state index < -0.39 is 0 Å². The lowest BCUT2D eigenvalue weighted by Crippen LogP contribution is -2.42. The minimum Gasteiger partial charge on any atom is -0.273 e. The maximum absolute atomic E-state index is 12.1. The van der Waals surface area contributed by atoms with Crippen LogP contribution < -0.4 is 10.9 Å². The number of fused-ring (bicyclic) bond motifs is 1. The Labute approximate surface area is 135 Å². The van der Waals surface area contributed by atoms with Crippen LogP contribution in [0.4, 0.5) is 0 Å². The van der Waals surface area contributed by atoms with Crippen molar-refractivity contribution < 1.29 is 9.59 Å². The number of carbonyl (C=O) groups excluding carboxylic acids is 2. The highest BCUT2D eigenvalue weighted by Gasteiger charge is 2.14. The first-order valence-electron chi connectivity index (χ1n) is 7.93. The van der Waals surface area contributed by atoms with Crippen LogP contribution in [0.5, 0.6) is 0 Å². The monoisotopic (exact) mass is 308 g/mol. The van der Waals surface area contributed by atoms with Gasteiger partial charge in [-0.25, -0.2) is 0 Å². The van der Waals surface area contributed by atoms with Crippen molar-refractivity contribution in [3.05, 3.63) is 60.2 Å². The fourth-order valence-corrected chi connectivity index (χ4v) is 2.96. The Morgan fingerprint density at radius 3 is 2.61 bits per heavy atom. The SMILES string of the molecule is O=C(Cc1cccc2ccccc12)NNC(=O)C[C@@H]1C=CCC1. The van der Waals surface area contributed by atoms with Crippen molar-refractivity contribution in [3.63, 3.8) is 0 Å². The van der Waals surface area contributed by atoms with Gasteiger partial charge in [-0.05, 0) is 35.1 Å². The molecule has 3 rings (SSSR count). The van der Waals surface area contributed by atoms with Crippen LogP contribution in [0, 0.1) is 5.92 Å². The van der Waals surface area contributed by atoms with E-state index in [9.17, 15) is 9.59 Å². The summed E-state index contributed by atoms with van der Waals surface area (Å²) >= 11 is 0. The molecule has 0 fully saturated rings. The molecular formula is C19H20N2O2. The van der Waals surface area contributed by atoms with Crippen LogP contribution in [0.15, 0.2) is 54.6 Å². The van der Waals surface area contributed by atoms with Crippen LogP contribution in [0.25, 0.3) is 10.8 Å². The predicted molar refractivity (Wildman–Crippen MR) is 90.4 cm³/mol. The zero-order valence-corrected chi connectivity index (χ0v) is 12.9. The molecule has 1 atom stereocenters. The summed E-state index contributed by atoms with van der Waals surface area (Å²) in [4.78, 5) is 23.9. The number of hydrogen-bond donors (Lipinski definition) is 2. The van der Waals surface area contributed by atoms with Gasteiger partial charge in [0.15, 0.2) is 0 Å². The quantitative estimate of drug-likeness (QED) is 0.674. The van der Waals surface area contributed by atoms with Crippen molar-refractivity contribution in [2.45, 2.75) is 25.7 Å². The van der Waals surface area contributed by atoms with Crippen LogP contribution in [-0.2, 0) is 16.0 Å². The molecule has 4 nitrogen and oxygen atoms in total. The summed E-state index contributed by atoms with van der Waals surface area (Å²) in [6.45, 7) is 0. The van der Waals surface area contributed by atoms with Crippen LogP contribution in [0.3, 0.4) is 0 Å². The Morgan fingerprint density at radius 1 is 1.00 bits per heavy atom. The fourth-order valence-electron chi connectivity index (χ4n) is 2.96. The summed E-state index contributed by atoms with van der Waals surface area (Å²) in [6, 6.07) is 13.9. The van der Waals surface area contributed by atoms with Gasteiger partial charge in [0.05, 0.1) is 6.42 Å². The zero-order valence-electron chi connectivity index (χ0n) is 12.9. The van der Waals surface area contributed by atoms with E-state index in [1.807, 2.05) is 42.5 Å². The van der Waals surface area contributed by atoms with Gasteiger partial charge in [0.1, 0.15) is 0 Å². The van der Waals surface area contributed by atoms with Crippen LogP contribution in [-0.4, -0.2) is 11.8 Å². The van der Waals surface area contributed by atoms with E-state index >= 15 is 0 Å². The highest BCUT2D eigenvalue weighted by Crippen LogP contribution is 2.20. The molecule has 0 aromatic heterocycles. The minimum absolute atomic E-state index is 0.146. The topological polar surface area (TPSA) is 58.2 Å². The highest BCUT2D eigenvalue weighted by molar-refractivity contribution is 5.90. The van der Waals surface area contributed by atoms with Gasteiger partial charge in [0, 0.05) is 6.42 Å². The molecule has 2 amide bonds. The van der Waals surface area contributed by atoms with Crippen LogP contribution >= 0.6 is 0 Å². The Morgan fingerprint density at radius 2 is 1.78 bits per heavy atom. The Kier molecular flexibility index (Phi) is 4.71. The average molecular weight is 308 g/mol. The van der Waals surface area contributed by atoms with Crippen molar-refractivity contribution >= 4 is 22.6 Å². The van der Waals surface area contributed by atoms with Crippen molar-refractivity contribution in [1.29, 1.82) is 0 Å². The Hall–Kier alpha value is -2.62. The number of nitrogens with one attached hydrogen (secondary N) is 2. The van der Waals surface area contributed by atoms with Crippen LogP contribution in [0.1, 0.15) is 24.8 Å². The first kappa shape index (κ1) is 15.3. The molecule has 0 bridgehead atoms. The average Bonchev–Trinajstić information content (AvgIpc) is 3.06. The van der Waals surface area contributed by atoms with Gasteiger partial charge < -0.3 is 0 Å². The van der Waals surface area contributed by atoms with Crippen molar-refractivity contribution in [3.8, 4) is 0 Å². The molecule has 1 aliphatic rings. The maximum Gasteiger partial charge on any atom is 0.242 e. The lowest BCUT2D eigenvalue weighted by molar-refractivity contribution is -0.128. The predicted octanol–water partition coefficient (Wildman–Crippen LogP) is 2.89. The van der Waals surface area contributed by atoms with Crippen molar-refractivity contribution in [1.82, 2.24) is 10.9 Å². The van der Waals surface area contributed by atoms with Gasteiger partial charge in [0.25, 0.3) is 0 Å². The van der Waals surface area contributed by atoms with Gasteiger partial charge in [-0.1, -0.05) is 54.6 Å². The van der Waals surface area contributed by atoms with E-state index in [0.29, 0.717) is 12.3 Å². The van der Waals surface area contributed by atoms with Gasteiger partial charge in [-0.2, -0.15) is 0 Å². The fraction of sp³-hybridized carbons (Fsp3) is 0.263. The van der Waals surface area contributed by atoms with E-state index in [2.05, 4.69) is 23.0 Å². The highest BCUT2D eigenvalue weighted by atomic mass is 16.2. The zero-order chi connectivity index (χ0) is 16.1. The lowest BCUT2D eigenvalue weighted by atomic mass is 10.0. The molecule has 2 aromatic carbocycles. The molecule has 0 unspecified atom stereocenters. The lowest BCUT2D eigenvalue weighted by Gasteiger charge is -2.11. The molecule has 0 heterocycles. The second-order valence-corrected chi connectivity index (χ2v) is 5.88.